The molecule has 0 saturated heterocycles. The first-order valence-corrected chi connectivity index (χ1v) is 10.9. The molecule has 0 aromatic heterocycles. The minimum Gasteiger partial charge on any atom is -0.456 e. The molecule has 0 spiro atoms. The second-order valence-electron chi connectivity index (χ2n) is 7.95. The first-order valence-electron chi connectivity index (χ1n) is 17.4. The van der Waals surface area contributed by atoms with Gasteiger partial charge in [0.1, 0.15) is 11.5 Å². The largest absolute Gasteiger partial charge is 0.456 e. The van der Waals surface area contributed by atoms with Crippen molar-refractivity contribution < 1.29 is 22.6 Å². The van der Waals surface area contributed by atoms with Gasteiger partial charge in [0.15, 0.2) is 0 Å². The summed E-state index contributed by atoms with van der Waals surface area (Å²) in [6.07, 6.45) is 0. The van der Waals surface area contributed by atoms with Gasteiger partial charge in [0.2, 0.25) is 0 Å². The highest BCUT2D eigenvalue weighted by Gasteiger charge is 2.20. The molecule has 6 aromatic carbocycles. The second-order valence-corrected chi connectivity index (χ2v) is 7.95. The third-order valence-corrected chi connectivity index (χ3v) is 5.92. The van der Waals surface area contributed by atoms with Crippen molar-refractivity contribution >= 4 is 10.8 Å². The molecule has 6 aromatic rings. The summed E-state index contributed by atoms with van der Waals surface area (Å²) in [6.45, 7) is 0. The van der Waals surface area contributed by atoms with Crippen molar-refractivity contribution in [3.05, 3.63) is 133 Å². The third kappa shape index (κ3) is 3.33. The van der Waals surface area contributed by atoms with Gasteiger partial charge in [0.25, 0.3) is 0 Å². The fourth-order valence-electron chi connectivity index (χ4n) is 4.21. The zero-order chi connectivity index (χ0) is 34.5. The molecule has 0 saturated carbocycles. The Labute approximate surface area is 223 Å². The molecule has 35 heavy (non-hydrogen) atoms. The highest BCUT2D eigenvalue weighted by atomic mass is 16.5. The number of hydrogen-bond acceptors (Lipinski definition) is 1. The Morgan fingerprint density at radius 3 is 1.89 bits per heavy atom. The molecule has 1 heterocycles. The smallest absolute Gasteiger partial charge is 0.135 e. The molecule has 0 bridgehead atoms. The van der Waals surface area contributed by atoms with Crippen LogP contribution in [0.25, 0.3) is 55.3 Å². The molecular formula is C34H22O. The van der Waals surface area contributed by atoms with E-state index in [2.05, 4.69) is 0 Å². The Morgan fingerprint density at radius 1 is 0.429 bits per heavy atom. The van der Waals surface area contributed by atoms with E-state index in [0.29, 0.717) is 5.56 Å². The molecule has 0 N–H and O–H groups in total. The average Bonchev–Trinajstić information content (AvgIpc) is 3.09. The Balaban J connectivity index is 1.54. The van der Waals surface area contributed by atoms with Crippen LogP contribution in [0.3, 0.4) is 0 Å². The number of ether oxygens (including phenoxy) is 1. The zero-order valence-electron chi connectivity index (χ0n) is 31.1. The Bertz CT molecular complexity index is 2360. The van der Waals surface area contributed by atoms with Gasteiger partial charge in [-0.1, -0.05) is 121 Å². The minimum absolute atomic E-state index is 0.00250. The maximum atomic E-state index is 9.03. The molecule has 1 aliphatic heterocycles. The van der Waals surface area contributed by atoms with E-state index in [0.717, 1.165) is 11.1 Å². The SMILES string of the molecule is [2H]c1c([2H])c([2H])c2c(c1[2H])Oc1c([2H])c([2H])c(-c3c([2H])c([2H])c(-c4ccc(-c5ccccc5)cc4)c([2H])c3[2H])c3c([2H])c([2H])c([2H])c-2c13. The van der Waals surface area contributed by atoms with Gasteiger partial charge in [0, 0.05) is 10.9 Å². The van der Waals surface area contributed by atoms with Gasteiger partial charge in [-0.3, -0.25) is 0 Å². The van der Waals surface area contributed by atoms with Crippen molar-refractivity contribution in [3.63, 3.8) is 0 Å². The molecule has 1 nitrogen and oxygen atoms in total. The molecule has 1 heteroatoms. The molecule has 0 aliphatic carbocycles. The number of para-hydroxylation sites is 1. The lowest BCUT2D eigenvalue weighted by Crippen LogP contribution is -1.97. The van der Waals surface area contributed by atoms with Crippen molar-refractivity contribution in [3.8, 4) is 56.0 Å². The van der Waals surface area contributed by atoms with E-state index >= 15 is 0 Å². The topological polar surface area (TPSA) is 9.23 Å². The Kier molecular flexibility index (Phi) is 2.46. The van der Waals surface area contributed by atoms with E-state index in [1.807, 2.05) is 30.3 Å². The van der Waals surface area contributed by atoms with Gasteiger partial charge in [-0.25, -0.2) is 0 Å². The fraction of sp³-hybridized carbons (Fsp3) is 0. The summed E-state index contributed by atoms with van der Waals surface area (Å²) < 4.78 is 119. The van der Waals surface area contributed by atoms with Crippen molar-refractivity contribution in [2.75, 3.05) is 0 Å². The van der Waals surface area contributed by atoms with E-state index < -0.39 is 89.9 Å². The molecule has 164 valence electrons. The lowest BCUT2D eigenvalue weighted by atomic mass is 9.90. The third-order valence-electron chi connectivity index (χ3n) is 5.92. The van der Waals surface area contributed by atoms with Crippen LogP contribution in [0.4, 0.5) is 0 Å². The van der Waals surface area contributed by atoms with Gasteiger partial charge in [-0.2, -0.15) is 0 Å². The van der Waals surface area contributed by atoms with Crippen LogP contribution in [-0.2, 0) is 0 Å². The van der Waals surface area contributed by atoms with Crippen LogP contribution in [0.2, 0.25) is 0 Å². The minimum atomic E-state index is -0.660. The molecule has 7 rings (SSSR count). The average molecular weight is 460 g/mol. The maximum absolute atomic E-state index is 9.03. The quantitative estimate of drug-likeness (QED) is 0.255. The number of benzene rings is 6. The molecule has 1 aliphatic rings. The van der Waals surface area contributed by atoms with Crippen LogP contribution >= 0.6 is 0 Å². The summed E-state index contributed by atoms with van der Waals surface area (Å²) in [7, 11) is 0. The van der Waals surface area contributed by atoms with Crippen LogP contribution in [0.1, 0.15) is 17.8 Å². The van der Waals surface area contributed by atoms with Gasteiger partial charge in [-0.15, -0.1) is 0 Å². The van der Waals surface area contributed by atoms with E-state index in [9.17, 15) is 0 Å². The predicted octanol–water partition coefficient (Wildman–Crippen LogP) is 9.61. The van der Waals surface area contributed by atoms with Crippen molar-refractivity contribution in [1.82, 2.24) is 0 Å². The standard InChI is InChI=1S/C34H22O/c1-2-7-23(8-3-1)24-13-15-25(16-14-24)26-17-19-27(20-18-26)28-21-22-33-34-30(28)10-6-11-31(34)29-9-4-5-12-32(29)35-33/h1-22H/i4D,5D,6D,9D,10D,11D,12D,17D,18D,19D,20D,21D,22D. The summed E-state index contributed by atoms with van der Waals surface area (Å²) in [4.78, 5) is 0. The fourth-order valence-corrected chi connectivity index (χ4v) is 4.21. The van der Waals surface area contributed by atoms with E-state index in [-0.39, 0.29) is 38.8 Å². The molecule has 0 atom stereocenters. The van der Waals surface area contributed by atoms with Crippen LogP contribution in [0.15, 0.2) is 133 Å². The maximum Gasteiger partial charge on any atom is 0.135 e. The molecule has 0 radical (unpaired) electrons. The predicted molar refractivity (Wildman–Crippen MR) is 146 cm³/mol. The second kappa shape index (κ2) is 8.00. The zero-order valence-corrected chi connectivity index (χ0v) is 18.1. The highest BCUT2D eigenvalue weighted by Crippen LogP contribution is 2.48. The highest BCUT2D eigenvalue weighted by molar-refractivity contribution is 6.09. The lowest BCUT2D eigenvalue weighted by molar-refractivity contribution is 0.487. The summed E-state index contributed by atoms with van der Waals surface area (Å²) in [5, 5.41) is -0.423. The van der Waals surface area contributed by atoms with Gasteiger partial charge in [-0.05, 0) is 56.4 Å². The van der Waals surface area contributed by atoms with E-state index in [1.54, 1.807) is 24.3 Å². The Hall–Kier alpha value is -4.62. The van der Waals surface area contributed by atoms with Gasteiger partial charge in [0.05, 0.1) is 17.8 Å². The van der Waals surface area contributed by atoms with Crippen LogP contribution < -0.4 is 4.74 Å². The first-order chi connectivity index (χ1) is 22.8. The molecule has 0 fully saturated rings. The van der Waals surface area contributed by atoms with Crippen LogP contribution in [0.5, 0.6) is 11.5 Å². The van der Waals surface area contributed by atoms with Gasteiger partial charge < -0.3 is 4.74 Å². The van der Waals surface area contributed by atoms with Crippen LogP contribution in [0, 0.1) is 0 Å². The van der Waals surface area contributed by atoms with Gasteiger partial charge >= 0.3 is 0 Å². The van der Waals surface area contributed by atoms with E-state index in [1.165, 1.54) is 0 Å². The summed E-state index contributed by atoms with van der Waals surface area (Å²) in [5.74, 6) is -0.772. The van der Waals surface area contributed by atoms with Crippen molar-refractivity contribution in [2.45, 2.75) is 0 Å². The Morgan fingerprint density at radius 2 is 1.09 bits per heavy atom. The number of hydrogen-bond donors (Lipinski definition) is 0. The normalized spacial score (nSPS) is 16.9. The molecular weight excluding hydrogens is 424 g/mol. The van der Waals surface area contributed by atoms with Crippen molar-refractivity contribution in [2.24, 2.45) is 0 Å². The van der Waals surface area contributed by atoms with E-state index in [4.69, 9.17) is 22.6 Å². The number of fused-ring (bicyclic) bond motifs is 2. The van der Waals surface area contributed by atoms with Crippen LogP contribution in [-0.4, -0.2) is 0 Å². The summed E-state index contributed by atoms with van der Waals surface area (Å²) >= 11 is 0. The number of rotatable bonds is 3. The summed E-state index contributed by atoms with van der Waals surface area (Å²) in [6, 6.07) is 9.07. The first kappa shape index (κ1) is 10.8. The lowest BCUT2D eigenvalue weighted by Gasteiger charge is -2.22. The van der Waals surface area contributed by atoms with Crippen molar-refractivity contribution in [1.29, 1.82) is 0 Å². The molecule has 0 amide bonds. The monoisotopic (exact) mass is 459 g/mol. The molecule has 0 unspecified atom stereocenters. The summed E-state index contributed by atoms with van der Waals surface area (Å²) in [5.41, 5.74) is 1.04.